The number of ether oxygens (including phenoxy) is 1. The number of aryl methyl sites for hydroxylation is 2. The Morgan fingerprint density at radius 3 is 2.69 bits per heavy atom. The predicted molar refractivity (Wildman–Crippen MR) is 134 cm³/mol. The second kappa shape index (κ2) is 9.57. The second-order valence-corrected chi connectivity index (χ2v) is 8.44. The van der Waals surface area contributed by atoms with Gasteiger partial charge in [-0.3, -0.25) is 4.79 Å². The molecule has 1 amide bonds. The highest BCUT2D eigenvalue weighted by atomic mass is 16.5. The fourth-order valence-corrected chi connectivity index (χ4v) is 4.20. The number of aromatic nitrogens is 4. The number of fused-ring (bicyclic) bond motifs is 1. The average molecular weight is 467 g/mol. The summed E-state index contributed by atoms with van der Waals surface area (Å²) in [6, 6.07) is 11.5. The first kappa shape index (κ1) is 22.6. The molecule has 0 aliphatic carbocycles. The molecule has 4 heterocycles. The summed E-state index contributed by atoms with van der Waals surface area (Å²) in [5, 5.41) is 4.91. The summed E-state index contributed by atoms with van der Waals surface area (Å²) in [7, 11) is 0. The van der Waals surface area contributed by atoms with Crippen LogP contribution >= 0.6 is 0 Å². The highest BCUT2D eigenvalue weighted by Gasteiger charge is 2.21. The molecular weight excluding hydrogens is 440 g/mol. The first-order valence-corrected chi connectivity index (χ1v) is 11.6. The van der Waals surface area contributed by atoms with Crippen molar-refractivity contribution in [1.29, 1.82) is 0 Å². The number of anilines is 1. The van der Waals surface area contributed by atoms with Crippen molar-refractivity contribution in [2.45, 2.75) is 20.3 Å². The molecule has 4 aromatic rings. The van der Waals surface area contributed by atoms with Crippen LogP contribution in [0.2, 0.25) is 0 Å². The van der Waals surface area contributed by atoms with E-state index in [4.69, 9.17) is 15.6 Å². The lowest BCUT2D eigenvalue weighted by atomic mass is 9.99. The summed E-state index contributed by atoms with van der Waals surface area (Å²) in [6.07, 6.45) is 4.16. The van der Waals surface area contributed by atoms with Crippen molar-refractivity contribution in [3.8, 4) is 23.1 Å². The van der Waals surface area contributed by atoms with Crippen LogP contribution in [0, 0.1) is 18.8 Å². The summed E-state index contributed by atoms with van der Waals surface area (Å²) in [6.45, 7) is 6.46. The third-order valence-corrected chi connectivity index (χ3v) is 6.10. The van der Waals surface area contributed by atoms with Crippen molar-refractivity contribution in [2.24, 2.45) is 0 Å². The minimum atomic E-state index is 0.0420. The molecule has 0 bridgehead atoms. The molecule has 2 N–H and O–H groups in total. The number of hydrogen-bond acceptors (Lipinski definition) is 6. The van der Waals surface area contributed by atoms with Gasteiger partial charge in [0.1, 0.15) is 11.5 Å². The Bertz CT molecular complexity index is 1470. The summed E-state index contributed by atoms with van der Waals surface area (Å²) < 4.78 is 7.13. The number of rotatable bonds is 3. The Kier molecular flexibility index (Phi) is 6.17. The van der Waals surface area contributed by atoms with Crippen LogP contribution in [-0.4, -0.2) is 56.7 Å². The van der Waals surface area contributed by atoms with Crippen molar-refractivity contribution in [3.05, 3.63) is 76.7 Å². The van der Waals surface area contributed by atoms with Crippen LogP contribution in [0.15, 0.2) is 48.8 Å². The van der Waals surface area contributed by atoms with E-state index in [0.717, 1.165) is 40.0 Å². The first-order valence-electron chi connectivity index (χ1n) is 11.6. The molecule has 1 aliphatic rings. The number of nitrogens with two attached hydrogens (primary N) is 1. The minimum Gasteiger partial charge on any atom is -0.384 e. The maximum Gasteiger partial charge on any atom is 0.254 e. The molecule has 1 aromatic carbocycles. The Labute approximate surface area is 203 Å². The Balaban J connectivity index is 1.51. The van der Waals surface area contributed by atoms with Crippen molar-refractivity contribution in [2.75, 3.05) is 32.0 Å². The largest absolute Gasteiger partial charge is 0.384 e. The maximum absolute atomic E-state index is 13.0. The van der Waals surface area contributed by atoms with Crippen LogP contribution in [0.1, 0.15) is 39.7 Å². The number of morpholine rings is 1. The average Bonchev–Trinajstić information content (AvgIpc) is 3.28. The minimum absolute atomic E-state index is 0.0420. The van der Waals surface area contributed by atoms with Crippen molar-refractivity contribution >= 4 is 17.4 Å². The van der Waals surface area contributed by atoms with Crippen molar-refractivity contribution in [1.82, 2.24) is 24.5 Å². The van der Waals surface area contributed by atoms with Gasteiger partial charge < -0.3 is 15.4 Å². The van der Waals surface area contributed by atoms with Gasteiger partial charge in [-0.05, 0) is 60.7 Å². The molecule has 8 nitrogen and oxygen atoms in total. The van der Waals surface area contributed by atoms with Gasteiger partial charge in [-0.1, -0.05) is 18.9 Å². The molecule has 0 unspecified atom stereocenters. The monoisotopic (exact) mass is 466 g/mol. The highest BCUT2D eigenvalue weighted by Crippen LogP contribution is 2.26. The number of nitrogen functional groups attached to an aromatic ring is 1. The van der Waals surface area contributed by atoms with Crippen LogP contribution in [0.3, 0.4) is 0 Å². The van der Waals surface area contributed by atoms with Gasteiger partial charge in [-0.25, -0.2) is 14.5 Å². The summed E-state index contributed by atoms with van der Waals surface area (Å²) in [4.78, 5) is 23.3. The zero-order chi connectivity index (χ0) is 24.4. The predicted octanol–water partition coefficient (Wildman–Crippen LogP) is 3.12. The third-order valence-electron chi connectivity index (χ3n) is 6.10. The van der Waals surface area contributed by atoms with Crippen LogP contribution in [0.4, 0.5) is 5.82 Å². The fraction of sp³-hybridized carbons (Fsp3) is 0.259. The van der Waals surface area contributed by atoms with E-state index < -0.39 is 0 Å². The number of benzene rings is 1. The zero-order valence-electron chi connectivity index (χ0n) is 19.8. The lowest BCUT2D eigenvalue weighted by Gasteiger charge is -2.27. The molecule has 0 radical (unpaired) electrons. The molecule has 1 fully saturated rings. The lowest BCUT2D eigenvalue weighted by Crippen LogP contribution is -2.40. The molecule has 1 saturated heterocycles. The molecule has 0 atom stereocenters. The van der Waals surface area contributed by atoms with E-state index in [1.807, 2.05) is 42.2 Å². The lowest BCUT2D eigenvalue weighted by molar-refractivity contribution is 0.0302. The van der Waals surface area contributed by atoms with Crippen LogP contribution in [0.5, 0.6) is 0 Å². The number of hydrogen-bond donors (Lipinski definition) is 1. The number of carbonyl (C=O) groups is 1. The summed E-state index contributed by atoms with van der Waals surface area (Å²) in [5.74, 6) is 6.72. The smallest absolute Gasteiger partial charge is 0.254 e. The van der Waals surface area contributed by atoms with Gasteiger partial charge in [0, 0.05) is 36.0 Å². The molecule has 0 saturated carbocycles. The van der Waals surface area contributed by atoms with Gasteiger partial charge in [0.25, 0.3) is 5.91 Å². The van der Waals surface area contributed by atoms with E-state index in [1.54, 1.807) is 23.0 Å². The van der Waals surface area contributed by atoms with E-state index in [2.05, 4.69) is 28.7 Å². The fourth-order valence-electron chi connectivity index (χ4n) is 4.20. The van der Waals surface area contributed by atoms with E-state index in [1.165, 1.54) is 0 Å². The van der Waals surface area contributed by atoms with Gasteiger partial charge in [0.05, 0.1) is 25.1 Å². The maximum atomic E-state index is 13.0. The quantitative estimate of drug-likeness (QED) is 0.466. The van der Waals surface area contributed by atoms with Crippen molar-refractivity contribution in [3.63, 3.8) is 0 Å². The van der Waals surface area contributed by atoms with Gasteiger partial charge in [-0.2, -0.15) is 5.10 Å². The number of nitrogens with zero attached hydrogens (tertiary/aromatic N) is 5. The number of pyridine rings is 1. The molecule has 0 spiro atoms. The molecule has 35 heavy (non-hydrogen) atoms. The normalized spacial score (nSPS) is 13.5. The summed E-state index contributed by atoms with van der Waals surface area (Å²) in [5.41, 5.74) is 12.5. The Hall–Kier alpha value is -4.22. The molecule has 176 valence electrons. The van der Waals surface area contributed by atoms with Crippen LogP contribution < -0.4 is 5.73 Å². The standard InChI is InChI=1S/C27H26N6O2/c1-3-20-16-25-30-17-22(6-4-19-8-9-29-24(28)15-19)33(25)31-26(20)21-5-7-23(18(2)14-21)27(34)32-10-12-35-13-11-32/h5,7-9,14-17H,3,10-13H2,1-2H3,(H2,28,29). The zero-order valence-corrected chi connectivity index (χ0v) is 19.8. The van der Waals surface area contributed by atoms with E-state index >= 15 is 0 Å². The SMILES string of the molecule is CCc1cc2ncc(C#Cc3ccnc(N)c3)n2nc1-c1ccc(C(=O)N2CCOCC2)c(C)c1. The number of imidazole rings is 1. The molecule has 8 heteroatoms. The number of carbonyl (C=O) groups excluding carboxylic acids is 1. The van der Waals surface area contributed by atoms with Crippen LogP contribution in [0.25, 0.3) is 16.9 Å². The molecule has 5 rings (SSSR count). The van der Waals surface area contributed by atoms with Gasteiger partial charge in [-0.15, -0.1) is 0 Å². The third kappa shape index (κ3) is 4.59. The van der Waals surface area contributed by atoms with Crippen LogP contribution in [-0.2, 0) is 11.2 Å². The van der Waals surface area contributed by atoms with E-state index in [0.29, 0.717) is 43.4 Å². The first-order chi connectivity index (χ1) is 17.0. The molecule has 3 aromatic heterocycles. The second-order valence-electron chi connectivity index (χ2n) is 8.44. The number of amides is 1. The highest BCUT2D eigenvalue weighted by molar-refractivity contribution is 5.96. The molecular formula is C27H26N6O2. The molecule has 1 aliphatic heterocycles. The van der Waals surface area contributed by atoms with Gasteiger partial charge in [0.15, 0.2) is 5.65 Å². The van der Waals surface area contributed by atoms with Crippen molar-refractivity contribution < 1.29 is 9.53 Å². The Morgan fingerprint density at radius 1 is 1.11 bits per heavy atom. The van der Waals surface area contributed by atoms with E-state index in [-0.39, 0.29) is 5.91 Å². The van der Waals surface area contributed by atoms with Gasteiger partial charge in [0.2, 0.25) is 0 Å². The Morgan fingerprint density at radius 2 is 1.94 bits per heavy atom. The summed E-state index contributed by atoms with van der Waals surface area (Å²) >= 11 is 0. The van der Waals surface area contributed by atoms with Gasteiger partial charge >= 0.3 is 0 Å². The topological polar surface area (TPSA) is 98.6 Å². The van der Waals surface area contributed by atoms with E-state index in [9.17, 15) is 4.79 Å².